The number of nitrogens with zero attached hydrogens (tertiary/aromatic N) is 2. The second-order valence-corrected chi connectivity index (χ2v) is 3.16. The summed E-state index contributed by atoms with van der Waals surface area (Å²) in [6, 6.07) is 0. The minimum absolute atomic E-state index is 0.0338. The van der Waals surface area contributed by atoms with Crippen LogP contribution in [0.25, 0.3) is 0 Å². The van der Waals surface area contributed by atoms with Crippen LogP contribution < -0.4 is 5.73 Å². The van der Waals surface area contributed by atoms with Crippen molar-refractivity contribution in [3.05, 3.63) is 12.5 Å². The molecule has 3 N–H and O–H groups in total. The van der Waals surface area contributed by atoms with Crippen molar-refractivity contribution in [3.8, 4) is 5.88 Å². The van der Waals surface area contributed by atoms with Crippen molar-refractivity contribution in [2.24, 2.45) is 5.73 Å². The summed E-state index contributed by atoms with van der Waals surface area (Å²) < 4.78 is 1.79. The quantitative estimate of drug-likeness (QED) is 0.644. The smallest absolute Gasteiger partial charge is 0.229 e. The highest BCUT2D eigenvalue weighted by atomic mass is 16.3. The lowest BCUT2D eigenvalue weighted by Gasteiger charge is -2.23. The topological polar surface area (TPSA) is 64.1 Å². The summed E-state index contributed by atoms with van der Waals surface area (Å²) in [5, 5.41) is 8.94. The second kappa shape index (κ2) is 2.54. The minimum atomic E-state index is -0.173. The lowest BCUT2D eigenvalue weighted by molar-refractivity contribution is 0.363. The van der Waals surface area contributed by atoms with E-state index in [1.165, 1.54) is 0 Å². The number of nitrogens with two attached hydrogens (primary N) is 1. The summed E-state index contributed by atoms with van der Waals surface area (Å²) >= 11 is 0. The fraction of sp³-hybridized carbons (Fsp3) is 0.571. The molecule has 1 rings (SSSR count). The first-order chi connectivity index (χ1) is 5.06. The van der Waals surface area contributed by atoms with E-state index in [0.717, 1.165) is 0 Å². The zero-order chi connectivity index (χ0) is 8.48. The number of imidazole rings is 1. The Balaban J connectivity index is 2.92. The van der Waals surface area contributed by atoms with E-state index in [1.807, 2.05) is 13.8 Å². The van der Waals surface area contributed by atoms with Crippen molar-refractivity contribution in [2.75, 3.05) is 6.54 Å². The van der Waals surface area contributed by atoms with Crippen LogP contribution >= 0.6 is 0 Å². The molecule has 0 unspecified atom stereocenters. The number of hydrogen-bond acceptors (Lipinski definition) is 3. The fourth-order valence-corrected chi connectivity index (χ4v) is 0.749. The average Bonchev–Trinajstić information content (AvgIpc) is 2.36. The summed E-state index contributed by atoms with van der Waals surface area (Å²) in [5.74, 6) is 0.0338. The molecule has 0 aromatic carbocycles. The monoisotopic (exact) mass is 155 g/mol. The van der Waals surface area contributed by atoms with Gasteiger partial charge in [-0.3, -0.25) is 0 Å². The molecule has 0 aliphatic rings. The number of rotatable bonds is 2. The van der Waals surface area contributed by atoms with Crippen molar-refractivity contribution >= 4 is 0 Å². The largest absolute Gasteiger partial charge is 0.492 e. The molecule has 0 radical (unpaired) electrons. The molecular formula is C7H13N3O. The first-order valence-electron chi connectivity index (χ1n) is 3.50. The molecule has 1 aromatic rings. The summed E-state index contributed by atoms with van der Waals surface area (Å²) in [7, 11) is 0. The number of aromatic nitrogens is 2. The van der Waals surface area contributed by atoms with E-state index < -0.39 is 0 Å². The van der Waals surface area contributed by atoms with E-state index in [2.05, 4.69) is 4.98 Å². The van der Waals surface area contributed by atoms with Crippen molar-refractivity contribution in [2.45, 2.75) is 19.4 Å². The average molecular weight is 155 g/mol. The Kier molecular flexibility index (Phi) is 1.87. The van der Waals surface area contributed by atoms with E-state index in [4.69, 9.17) is 10.8 Å². The van der Waals surface area contributed by atoms with Gasteiger partial charge in [0.1, 0.15) is 0 Å². The highest BCUT2D eigenvalue weighted by Crippen LogP contribution is 2.15. The predicted molar refractivity (Wildman–Crippen MR) is 42.3 cm³/mol. The summed E-state index contributed by atoms with van der Waals surface area (Å²) in [5.41, 5.74) is 5.34. The predicted octanol–water partition coefficient (Wildman–Crippen LogP) is 0.282. The molecule has 0 bridgehead atoms. The van der Waals surface area contributed by atoms with Crippen molar-refractivity contribution in [1.82, 2.24) is 9.55 Å². The molecule has 0 aliphatic carbocycles. The van der Waals surface area contributed by atoms with Crippen LogP contribution in [-0.2, 0) is 5.54 Å². The Morgan fingerprint density at radius 2 is 2.36 bits per heavy atom. The van der Waals surface area contributed by atoms with Gasteiger partial charge < -0.3 is 15.4 Å². The van der Waals surface area contributed by atoms with Crippen LogP contribution in [0.4, 0.5) is 0 Å². The van der Waals surface area contributed by atoms with Gasteiger partial charge in [-0.2, -0.15) is 0 Å². The van der Waals surface area contributed by atoms with Gasteiger partial charge in [0.15, 0.2) is 0 Å². The van der Waals surface area contributed by atoms with Crippen molar-refractivity contribution in [1.29, 1.82) is 0 Å². The minimum Gasteiger partial charge on any atom is -0.492 e. The standard InChI is InChI=1S/C7H13N3O/c1-7(2,4-8)10-3-6(11)9-5-10/h3,5,11H,4,8H2,1-2H3. The van der Waals surface area contributed by atoms with E-state index in [9.17, 15) is 0 Å². The maximum atomic E-state index is 8.94. The summed E-state index contributed by atoms with van der Waals surface area (Å²) in [4.78, 5) is 3.69. The van der Waals surface area contributed by atoms with E-state index in [-0.39, 0.29) is 11.4 Å². The van der Waals surface area contributed by atoms with Gasteiger partial charge in [-0.1, -0.05) is 0 Å². The highest BCUT2D eigenvalue weighted by molar-refractivity contribution is 5.03. The van der Waals surface area contributed by atoms with Gasteiger partial charge in [0.25, 0.3) is 0 Å². The zero-order valence-corrected chi connectivity index (χ0v) is 6.78. The normalized spacial score (nSPS) is 11.9. The SMILES string of the molecule is CC(C)(CN)n1cnc(O)c1. The van der Waals surface area contributed by atoms with Crippen LogP contribution in [0, 0.1) is 0 Å². The number of hydrogen-bond donors (Lipinski definition) is 2. The maximum Gasteiger partial charge on any atom is 0.229 e. The Morgan fingerprint density at radius 1 is 1.73 bits per heavy atom. The Hall–Kier alpha value is -1.03. The molecule has 1 heterocycles. The molecule has 62 valence electrons. The molecule has 0 saturated carbocycles. The Bertz CT molecular complexity index is 242. The molecule has 4 nitrogen and oxygen atoms in total. The van der Waals surface area contributed by atoms with Crippen LogP contribution in [0.5, 0.6) is 5.88 Å². The first-order valence-corrected chi connectivity index (χ1v) is 3.50. The molecule has 11 heavy (non-hydrogen) atoms. The first kappa shape index (κ1) is 8.07. The molecule has 0 saturated heterocycles. The molecule has 0 aliphatic heterocycles. The Morgan fingerprint density at radius 3 is 2.73 bits per heavy atom. The van der Waals surface area contributed by atoms with Crippen LogP contribution in [-0.4, -0.2) is 21.2 Å². The molecular weight excluding hydrogens is 142 g/mol. The van der Waals surface area contributed by atoms with Gasteiger partial charge in [0.2, 0.25) is 5.88 Å². The maximum absolute atomic E-state index is 8.94. The van der Waals surface area contributed by atoms with Gasteiger partial charge in [-0.05, 0) is 13.8 Å². The molecule has 4 heteroatoms. The van der Waals surface area contributed by atoms with Gasteiger partial charge in [-0.25, -0.2) is 4.98 Å². The van der Waals surface area contributed by atoms with Gasteiger partial charge in [0.05, 0.1) is 18.1 Å². The van der Waals surface area contributed by atoms with Crippen LogP contribution in [0.15, 0.2) is 12.5 Å². The third kappa shape index (κ3) is 1.51. The van der Waals surface area contributed by atoms with Crippen LogP contribution in [0.3, 0.4) is 0 Å². The third-order valence-corrected chi connectivity index (χ3v) is 1.77. The molecule has 1 aromatic heterocycles. The van der Waals surface area contributed by atoms with Gasteiger partial charge in [-0.15, -0.1) is 0 Å². The van der Waals surface area contributed by atoms with E-state index in [0.29, 0.717) is 6.54 Å². The molecule has 0 atom stereocenters. The molecule has 0 fully saturated rings. The molecule has 0 amide bonds. The van der Waals surface area contributed by atoms with Gasteiger partial charge in [0, 0.05) is 6.54 Å². The van der Waals surface area contributed by atoms with Crippen molar-refractivity contribution < 1.29 is 5.11 Å². The Labute approximate surface area is 65.7 Å². The lowest BCUT2D eigenvalue weighted by atomic mass is 10.1. The number of aromatic hydroxyl groups is 1. The van der Waals surface area contributed by atoms with E-state index >= 15 is 0 Å². The van der Waals surface area contributed by atoms with Crippen LogP contribution in [0.1, 0.15) is 13.8 Å². The molecule has 0 spiro atoms. The zero-order valence-electron chi connectivity index (χ0n) is 6.78. The second-order valence-electron chi connectivity index (χ2n) is 3.16. The summed E-state index contributed by atoms with van der Waals surface area (Å²) in [6.07, 6.45) is 3.13. The fourth-order valence-electron chi connectivity index (χ4n) is 0.749. The summed E-state index contributed by atoms with van der Waals surface area (Å²) in [6.45, 7) is 4.48. The lowest BCUT2D eigenvalue weighted by Crippen LogP contribution is -2.33. The highest BCUT2D eigenvalue weighted by Gasteiger charge is 2.17. The third-order valence-electron chi connectivity index (χ3n) is 1.77. The van der Waals surface area contributed by atoms with Crippen molar-refractivity contribution in [3.63, 3.8) is 0 Å². The van der Waals surface area contributed by atoms with Gasteiger partial charge >= 0.3 is 0 Å². The van der Waals surface area contributed by atoms with E-state index in [1.54, 1.807) is 17.1 Å². The van der Waals surface area contributed by atoms with Crippen LogP contribution in [0.2, 0.25) is 0 Å².